The standard InChI is InChI=1S/C26H29N3O/c1-17(2)14-23(29-16-28-25-22(29)6-5-13-27-25)19-7-9-20-18(15-19)8-10-24-21(20)11-12-26(3,4)30-24/h5-8,10-13,16-17,23H,9,14-15H2,1-4H3. The molecule has 0 radical (unpaired) electrons. The van der Waals surface area contributed by atoms with Crippen molar-refractivity contribution in [3.8, 4) is 5.75 Å². The molecule has 5 rings (SSSR count). The predicted molar refractivity (Wildman–Crippen MR) is 122 cm³/mol. The van der Waals surface area contributed by atoms with Crippen LogP contribution in [0.3, 0.4) is 0 Å². The molecule has 0 bridgehead atoms. The second-order valence-corrected chi connectivity index (χ2v) is 9.46. The van der Waals surface area contributed by atoms with E-state index in [-0.39, 0.29) is 5.60 Å². The van der Waals surface area contributed by atoms with Gasteiger partial charge in [0.15, 0.2) is 5.65 Å². The molecule has 4 heteroatoms. The van der Waals surface area contributed by atoms with E-state index in [1.807, 2.05) is 18.6 Å². The molecule has 3 heterocycles. The van der Waals surface area contributed by atoms with Crippen LogP contribution >= 0.6 is 0 Å². The van der Waals surface area contributed by atoms with E-state index < -0.39 is 0 Å². The van der Waals surface area contributed by atoms with Crippen molar-refractivity contribution in [1.29, 1.82) is 0 Å². The summed E-state index contributed by atoms with van der Waals surface area (Å²) in [5.74, 6) is 1.59. The largest absolute Gasteiger partial charge is 0.483 e. The van der Waals surface area contributed by atoms with Crippen LogP contribution in [-0.2, 0) is 12.8 Å². The summed E-state index contributed by atoms with van der Waals surface area (Å²) < 4.78 is 8.52. The van der Waals surface area contributed by atoms with Gasteiger partial charge >= 0.3 is 0 Å². The van der Waals surface area contributed by atoms with Crippen molar-refractivity contribution < 1.29 is 4.74 Å². The zero-order valence-corrected chi connectivity index (χ0v) is 18.2. The fraction of sp³-hybridized carbons (Fsp3) is 0.385. The summed E-state index contributed by atoms with van der Waals surface area (Å²) in [6.07, 6.45) is 13.6. The van der Waals surface area contributed by atoms with E-state index in [4.69, 9.17) is 4.74 Å². The third-order valence-corrected chi connectivity index (χ3v) is 6.21. The quantitative estimate of drug-likeness (QED) is 0.511. The summed E-state index contributed by atoms with van der Waals surface area (Å²) >= 11 is 0. The Morgan fingerprint density at radius 3 is 2.87 bits per heavy atom. The Labute approximate surface area is 178 Å². The second-order valence-electron chi connectivity index (χ2n) is 9.46. The fourth-order valence-electron chi connectivity index (χ4n) is 4.75. The topological polar surface area (TPSA) is 39.9 Å². The molecule has 154 valence electrons. The zero-order valence-electron chi connectivity index (χ0n) is 18.2. The minimum Gasteiger partial charge on any atom is -0.483 e. The lowest BCUT2D eigenvalue weighted by molar-refractivity contribution is 0.159. The molecule has 4 nitrogen and oxygen atoms in total. The molecular formula is C26H29N3O. The van der Waals surface area contributed by atoms with Gasteiger partial charge in [-0.3, -0.25) is 0 Å². The van der Waals surface area contributed by atoms with Crippen molar-refractivity contribution >= 4 is 17.2 Å². The van der Waals surface area contributed by atoms with Crippen molar-refractivity contribution in [2.45, 2.75) is 58.6 Å². The molecule has 30 heavy (non-hydrogen) atoms. The van der Waals surface area contributed by atoms with Crippen LogP contribution in [0.15, 0.2) is 54.5 Å². The lowest BCUT2D eigenvalue weighted by Crippen LogP contribution is -2.28. The number of pyridine rings is 1. The molecule has 0 N–H and O–H groups in total. The Balaban J connectivity index is 1.52. The van der Waals surface area contributed by atoms with Crippen LogP contribution in [0.25, 0.3) is 17.2 Å². The number of rotatable bonds is 4. The van der Waals surface area contributed by atoms with Crippen molar-refractivity contribution in [2.24, 2.45) is 5.92 Å². The Hall–Kier alpha value is -2.88. The molecule has 1 aliphatic heterocycles. The first kappa shape index (κ1) is 19.1. The SMILES string of the molecule is CC(C)CC(C1=CCc2c(ccc3c2C=CC(C)(C)O3)C1)n1cnc2ncccc21. The summed E-state index contributed by atoms with van der Waals surface area (Å²) in [5.41, 5.74) is 7.23. The maximum Gasteiger partial charge on any atom is 0.177 e. The van der Waals surface area contributed by atoms with Gasteiger partial charge in [-0.1, -0.05) is 32.1 Å². The summed E-state index contributed by atoms with van der Waals surface area (Å²) in [5, 5.41) is 0. The van der Waals surface area contributed by atoms with E-state index in [0.717, 1.165) is 36.2 Å². The first-order chi connectivity index (χ1) is 14.4. The van der Waals surface area contributed by atoms with E-state index in [1.54, 1.807) is 0 Å². The number of ether oxygens (including phenoxy) is 1. The number of benzene rings is 1. The number of hydrogen-bond acceptors (Lipinski definition) is 3. The Morgan fingerprint density at radius 1 is 1.17 bits per heavy atom. The van der Waals surface area contributed by atoms with E-state index >= 15 is 0 Å². The summed E-state index contributed by atoms with van der Waals surface area (Å²) in [7, 11) is 0. The first-order valence-corrected chi connectivity index (χ1v) is 10.9. The van der Waals surface area contributed by atoms with Gasteiger partial charge in [0.25, 0.3) is 0 Å². The lowest BCUT2D eigenvalue weighted by atomic mass is 9.82. The molecule has 1 aliphatic carbocycles. The molecular weight excluding hydrogens is 370 g/mol. The van der Waals surface area contributed by atoms with Gasteiger partial charge in [0, 0.05) is 11.8 Å². The Morgan fingerprint density at radius 2 is 2.03 bits per heavy atom. The van der Waals surface area contributed by atoms with Gasteiger partial charge < -0.3 is 9.30 Å². The maximum atomic E-state index is 6.19. The molecule has 0 saturated carbocycles. The van der Waals surface area contributed by atoms with E-state index in [2.05, 4.69) is 78.7 Å². The molecule has 0 spiro atoms. The van der Waals surface area contributed by atoms with Crippen LogP contribution in [-0.4, -0.2) is 20.1 Å². The fourth-order valence-corrected chi connectivity index (χ4v) is 4.75. The molecule has 1 unspecified atom stereocenters. The van der Waals surface area contributed by atoms with Crippen LogP contribution in [0.5, 0.6) is 5.75 Å². The molecule has 3 aromatic rings. The molecule has 1 atom stereocenters. The molecule has 2 aliphatic rings. The molecule has 1 aromatic carbocycles. The molecule has 2 aromatic heterocycles. The highest BCUT2D eigenvalue weighted by atomic mass is 16.5. The average Bonchev–Trinajstić information content (AvgIpc) is 3.14. The van der Waals surface area contributed by atoms with Crippen LogP contribution in [0.2, 0.25) is 0 Å². The highest BCUT2D eigenvalue weighted by Crippen LogP contribution is 2.40. The van der Waals surface area contributed by atoms with E-state index in [1.165, 1.54) is 22.3 Å². The van der Waals surface area contributed by atoms with Crippen molar-refractivity contribution in [3.05, 3.63) is 71.2 Å². The van der Waals surface area contributed by atoms with Crippen molar-refractivity contribution in [2.75, 3.05) is 0 Å². The summed E-state index contributed by atoms with van der Waals surface area (Å²) in [6, 6.07) is 8.83. The summed E-state index contributed by atoms with van der Waals surface area (Å²) in [6.45, 7) is 8.79. The van der Waals surface area contributed by atoms with Gasteiger partial charge in [0.05, 0.1) is 17.9 Å². The van der Waals surface area contributed by atoms with Crippen LogP contribution < -0.4 is 4.74 Å². The van der Waals surface area contributed by atoms with Gasteiger partial charge in [-0.15, -0.1) is 0 Å². The van der Waals surface area contributed by atoms with Gasteiger partial charge in [0.2, 0.25) is 0 Å². The minimum absolute atomic E-state index is 0.240. The normalized spacial score (nSPS) is 18.0. The van der Waals surface area contributed by atoms with Crippen molar-refractivity contribution in [3.63, 3.8) is 0 Å². The lowest BCUT2D eigenvalue weighted by Gasteiger charge is -2.32. The second kappa shape index (κ2) is 7.12. The van der Waals surface area contributed by atoms with Crippen LogP contribution in [0.1, 0.15) is 56.8 Å². The number of allylic oxidation sites excluding steroid dienone is 2. The first-order valence-electron chi connectivity index (χ1n) is 10.9. The molecule has 0 amide bonds. The number of nitrogens with zero attached hydrogens (tertiary/aromatic N) is 3. The average molecular weight is 400 g/mol. The van der Waals surface area contributed by atoms with Gasteiger partial charge in [0.1, 0.15) is 11.4 Å². The van der Waals surface area contributed by atoms with Crippen LogP contribution in [0, 0.1) is 5.92 Å². The smallest absolute Gasteiger partial charge is 0.177 e. The van der Waals surface area contributed by atoms with E-state index in [0.29, 0.717) is 12.0 Å². The van der Waals surface area contributed by atoms with Gasteiger partial charge in [-0.25, -0.2) is 9.97 Å². The molecule has 0 fully saturated rings. The maximum absolute atomic E-state index is 6.19. The van der Waals surface area contributed by atoms with Gasteiger partial charge in [-0.2, -0.15) is 0 Å². The Bertz CT molecular complexity index is 1170. The monoisotopic (exact) mass is 399 g/mol. The van der Waals surface area contributed by atoms with E-state index in [9.17, 15) is 0 Å². The number of imidazole rings is 1. The van der Waals surface area contributed by atoms with Gasteiger partial charge in [-0.05, 0) is 80.0 Å². The third-order valence-electron chi connectivity index (χ3n) is 6.21. The third kappa shape index (κ3) is 3.34. The van der Waals surface area contributed by atoms with Crippen molar-refractivity contribution in [1.82, 2.24) is 14.5 Å². The van der Waals surface area contributed by atoms with Crippen LogP contribution in [0.4, 0.5) is 0 Å². The highest BCUT2D eigenvalue weighted by molar-refractivity contribution is 5.71. The minimum atomic E-state index is -0.240. The predicted octanol–water partition coefficient (Wildman–Crippen LogP) is 5.93. The number of hydrogen-bond donors (Lipinski definition) is 0. The number of fused-ring (bicyclic) bond motifs is 4. The zero-order chi connectivity index (χ0) is 20.9. The Kier molecular flexibility index (Phi) is 4.53. The summed E-state index contributed by atoms with van der Waals surface area (Å²) in [4.78, 5) is 8.99. The number of aromatic nitrogens is 3. The molecule has 0 saturated heterocycles. The highest BCUT2D eigenvalue weighted by Gasteiger charge is 2.28.